The lowest BCUT2D eigenvalue weighted by Gasteiger charge is -2.02. The van der Waals surface area contributed by atoms with Crippen LogP contribution in [0.5, 0.6) is 0 Å². The minimum atomic E-state index is -0.624. The second-order valence-electron chi connectivity index (χ2n) is 3.29. The Morgan fingerprint density at radius 3 is 2.62 bits per heavy atom. The molecule has 0 unspecified atom stereocenters. The van der Waals surface area contributed by atoms with Crippen LogP contribution < -0.4 is 0 Å². The van der Waals surface area contributed by atoms with E-state index in [2.05, 4.69) is 4.99 Å². The van der Waals surface area contributed by atoms with Gasteiger partial charge in [-0.25, -0.2) is 0 Å². The van der Waals surface area contributed by atoms with Crippen molar-refractivity contribution in [1.29, 1.82) is 0 Å². The maximum absolute atomic E-state index is 11.5. The highest BCUT2D eigenvalue weighted by molar-refractivity contribution is 6.01. The Balaban J connectivity index is 3.04. The summed E-state index contributed by atoms with van der Waals surface area (Å²) in [6, 6.07) is 5.72. The average molecular weight is 221 g/mol. The van der Waals surface area contributed by atoms with Crippen molar-refractivity contribution in [2.45, 2.75) is 0 Å². The van der Waals surface area contributed by atoms with Crippen LogP contribution in [-0.4, -0.2) is 36.2 Å². The van der Waals surface area contributed by atoms with Crippen LogP contribution in [0.25, 0.3) is 0 Å². The van der Waals surface area contributed by atoms with E-state index in [4.69, 9.17) is 0 Å². The number of nitro groups is 1. The summed E-state index contributed by atoms with van der Waals surface area (Å²) in [7, 11) is 3.41. The van der Waals surface area contributed by atoms with Crippen LogP contribution in [0.3, 0.4) is 0 Å². The van der Waals surface area contributed by atoms with Gasteiger partial charge in [0.15, 0.2) is 0 Å². The molecule has 0 bridgehead atoms. The van der Waals surface area contributed by atoms with Gasteiger partial charge in [-0.15, -0.1) is 0 Å². The van der Waals surface area contributed by atoms with E-state index in [0.717, 1.165) is 0 Å². The largest absolute Gasteiger partial charge is 0.369 e. The standard InChI is InChI=1S/C10H11N3O3/c1-12(2)7-11-10(14)8-5-3-4-6-9(8)13(15)16/h3-7H,1-2H3/b11-7-. The zero-order valence-corrected chi connectivity index (χ0v) is 8.95. The second-order valence-corrected chi connectivity index (χ2v) is 3.29. The molecule has 0 spiro atoms. The number of nitro benzene ring substituents is 1. The Morgan fingerprint density at radius 2 is 2.06 bits per heavy atom. The topological polar surface area (TPSA) is 75.8 Å². The third-order valence-corrected chi connectivity index (χ3v) is 1.74. The molecular formula is C10H11N3O3. The molecule has 1 amide bonds. The van der Waals surface area contributed by atoms with Crippen molar-refractivity contribution in [2.75, 3.05) is 14.1 Å². The summed E-state index contributed by atoms with van der Waals surface area (Å²) in [4.78, 5) is 26.8. The number of carbonyl (C=O) groups is 1. The molecule has 6 heteroatoms. The van der Waals surface area contributed by atoms with Crippen LogP contribution in [0.4, 0.5) is 5.69 Å². The summed E-state index contributed by atoms with van der Waals surface area (Å²) < 4.78 is 0. The molecule has 1 rings (SSSR count). The molecule has 6 nitrogen and oxygen atoms in total. The molecule has 0 aliphatic rings. The van der Waals surface area contributed by atoms with Gasteiger partial charge in [-0.05, 0) is 6.07 Å². The number of hydrogen-bond acceptors (Lipinski definition) is 3. The van der Waals surface area contributed by atoms with E-state index in [1.165, 1.54) is 24.5 Å². The Kier molecular flexibility index (Phi) is 3.71. The first-order valence-electron chi connectivity index (χ1n) is 4.50. The molecule has 0 atom stereocenters. The quantitative estimate of drug-likeness (QED) is 0.334. The summed E-state index contributed by atoms with van der Waals surface area (Å²) in [6.45, 7) is 0. The maximum Gasteiger partial charge on any atom is 0.285 e. The normalized spacial score (nSPS) is 10.4. The first kappa shape index (κ1) is 11.8. The van der Waals surface area contributed by atoms with Crippen molar-refractivity contribution >= 4 is 17.9 Å². The first-order chi connectivity index (χ1) is 7.52. The maximum atomic E-state index is 11.5. The van der Waals surface area contributed by atoms with Crippen molar-refractivity contribution in [1.82, 2.24) is 4.90 Å². The van der Waals surface area contributed by atoms with Gasteiger partial charge in [-0.1, -0.05) is 12.1 Å². The Hall–Kier alpha value is -2.24. The molecule has 0 saturated heterocycles. The Labute approximate surface area is 92.4 Å². The fraction of sp³-hybridized carbons (Fsp3) is 0.200. The molecule has 84 valence electrons. The summed E-state index contributed by atoms with van der Waals surface area (Å²) in [6.07, 6.45) is 1.30. The van der Waals surface area contributed by atoms with Gasteiger partial charge in [0.25, 0.3) is 11.6 Å². The van der Waals surface area contributed by atoms with Crippen molar-refractivity contribution in [2.24, 2.45) is 4.99 Å². The third kappa shape index (κ3) is 2.88. The fourth-order valence-electron chi connectivity index (χ4n) is 1.05. The molecule has 0 fully saturated rings. The molecule has 0 aliphatic heterocycles. The number of carbonyl (C=O) groups excluding carboxylic acids is 1. The summed E-state index contributed by atoms with van der Waals surface area (Å²) >= 11 is 0. The molecule has 0 aromatic heterocycles. The van der Waals surface area contributed by atoms with Gasteiger partial charge < -0.3 is 4.90 Å². The average Bonchev–Trinajstić information content (AvgIpc) is 2.25. The first-order valence-corrected chi connectivity index (χ1v) is 4.50. The predicted octanol–water partition coefficient (Wildman–Crippen LogP) is 1.32. The van der Waals surface area contributed by atoms with Crippen LogP contribution in [0, 0.1) is 10.1 Å². The van der Waals surface area contributed by atoms with E-state index < -0.39 is 10.8 Å². The number of amides is 1. The highest BCUT2D eigenvalue weighted by atomic mass is 16.6. The van der Waals surface area contributed by atoms with Crippen LogP contribution in [-0.2, 0) is 0 Å². The number of nitrogens with zero attached hydrogens (tertiary/aromatic N) is 3. The van der Waals surface area contributed by atoms with Crippen molar-refractivity contribution < 1.29 is 9.72 Å². The number of benzene rings is 1. The monoisotopic (exact) mass is 221 g/mol. The lowest BCUT2D eigenvalue weighted by Crippen LogP contribution is -2.10. The smallest absolute Gasteiger partial charge is 0.285 e. The lowest BCUT2D eigenvalue weighted by molar-refractivity contribution is -0.385. The Bertz CT molecular complexity index is 441. The van der Waals surface area contributed by atoms with Crippen LogP contribution in [0.2, 0.25) is 0 Å². The van der Waals surface area contributed by atoms with Crippen LogP contribution in [0.1, 0.15) is 10.4 Å². The summed E-state index contributed by atoms with van der Waals surface area (Å²) in [5.74, 6) is -0.624. The van der Waals surface area contributed by atoms with E-state index in [0.29, 0.717) is 0 Å². The molecule has 1 aromatic rings. The Morgan fingerprint density at radius 1 is 1.44 bits per heavy atom. The van der Waals surface area contributed by atoms with E-state index in [1.807, 2.05) is 0 Å². The number of hydrogen-bond donors (Lipinski definition) is 0. The van der Waals surface area contributed by atoms with Crippen LogP contribution >= 0.6 is 0 Å². The number of rotatable bonds is 3. The van der Waals surface area contributed by atoms with E-state index in [1.54, 1.807) is 25.1 Å². The van der Waals surface area contributed by atoms with E-state index in [9.17, 15) is 14.9 Å². The van der Waals surface area contributed by atoms with Gasteiger partial charge in [-0.3, -0.25) is 14.9 Å². The molecular weight excluding hydrogens is 210 g/mol. The number of para-hydroxylation sites is 1. The minimum absolute atomic E-state index is 0.00870. The molecule has 0 heterocycles. The van der Waals surface area contributed by atoms with Crippen LogP contribution in [0.15, 0.2) is 29.3 Å². The molecule has 16 heavy (non-hydrogen) atoms. The van der Waals surface area contributed by atoms with Crippen molar-refractivity contribution in [3.8, 4) is 0 Å². The third-order valence-electron chi connectivity index (χ3n) is 1.74. The molecule has 1 aromatic carbocycles. The highest BCUT2D eigenvalue weighted by Crippen LogP contribution is 2.18. The summed E-state index contributed by atoms with van der Waals surface area (Å²) in [5, 5.41) is 10.7. The van der Waals surface area contributed by atoms with Gasteiger partial charge in [0.05, 0.1) is 11.3 Å². The van der Waals surface area contributed by atoms with Gasteiger partial charge in [-0.2, -0.15) is 4.99 Å². The van der Waals surface area contributed by atoms with Gasteiger partial charge in [0.1, 0.15) is 5.56 Å². The van der Waals surface area contributed by atoms with Gasteiger partial charge >= 0.3 is 0 Å². The molecule has 0 saturated carbocycles. The fourth-order valence-corrected chi connectivity index (χ4v) is 1.05. The lowest BCUT2D eigenvalue weighted by atomic mass is 10.2. The zero-order valence-electron chi connectivity index (χ0n) is 8.95. The van der Waals surface area contributed by atoms with Gasteiger partial charge in [0.2, 0.25) is 0 Å². The zero-order chi connectivity index (χ0) is 12.1. The predicted molar refractivity (Wildman–Crippen MR) is 59.6 cm³/mol. The molecule has 0 radical (unpaired) electrons. The van der Waals surface area contributed by atoms with E-state index in [-0.39, 0.29) is 11.3 Å². The summed E-state index contributed by atoms with van der Waals surface area (Å²) in [5.41, 5.74) is -0.242. The van der Waals surface area contributed by atoms with Crippen molar-refractivity contribution in [3.63, 3.8) is 0 Å². The molecule has 0 aliphatic carbocycles. The van der Waals surface area contributed by atoms with Crippen molar-refractivity contribution in [3.05, 3.63) is 39.9 Å². The van der Waals surface area contributed by atoms with E-state index >= 15 is 0 Å². The second kappa shape index (κ2) is 5.01. The molecule has 0 N–H and O–H groups in total. The SMILES string of the molecule is CN(C)/C=N\C(=O)c1ccccc1[N+](=O)[O-]. The highest BCUT2D eigenvalue weighted by Gasteiger charge is 2.17. The minimum Gasteiger partial charge on any atom is -0.369 e. The van der Waals surface area contributed by atoms with Gasteiger partial charge in [0, 0.05) is 20.2 Å². The number of aliphatic imine (C=N–C) groups is 1.